The number of rotatable bonds is 4. The Morgan fingerprint density at radius 1 is 1.47 bits per heavy atom. The molecule has 0 unspecified atom stereocenters. The highest BCUT2D eigenvalue weighted by molar-refractivity contribution is 5.73. The summed E-state index contributed by atoms with van der Waals surface area (Å²) in [7, 11) is 0. The third kappa shape index (κ3) is 3.27. The third-order valence-corrected chi connectivity index (χ3v) is 1.91. The fourth-order valence-electron chi connectivity index (χ4n) is 1.19. The maximum Gasteiger partial charge on any atom is 0.312 e. The Morgan fingerprint density at radius 3 is 2.65 bits per heavy atom. The molecule has 0 radical (unpaired) electrons. The summed E-state index contributed by atoms with van der Waals surface area (Å²) in [5.74, 6) is -2.04. The van der Waals surface area contributed by atoms with Crippen LogP contribution >= 0.6 is 0 Å². The van der Waals surface area contributed by atoms with Crippen LogP contribution < -0.4 is 0 Å². The van der Waals surface area contributed by atoms with E-state index in [1.165, 1.54) is 0 Å². The molecule has 0 saturated carbocycles. The van der Waals surface area contributed by atoms with Gasteiger partial charge in [-0.25, -0.2) is 13.8 Å². The summed E-state index contributed by atoms with van der Waals surface area (Å²) in [4.78, 5) is 14.5. The van der Waals surface area contributed by atoms with Gasteiger partial charge in [0.2, 0.25) is 0 Å². The van der Waals surface area contributed by atoms with E-state index in [0.29, 0.717) is 0 Å². The van der Waals surface area contributed by atoms with Crippen molar-refractivity contribution in [2.75, 3.05) is 6.61 Å². The fourth-order valence-corrected chi connectivity index (χ4v) is 1.19. The summed E-state index contributed by atoms with van der Waals surface area (Å²) < 4.78 is 29.4. The first kappa shape index (κ1) is 13.1. The van der Waals surface area contributed by atoms with E-state index in [0.717, 1.165) is 6.07 Å². The molecule has 0 amide bonds. The Balaban J connectivity index is 2.99. The van der Waals surface area contributed by atoms with Crippen LogP contribution in [0.4, 0.5) is 8.78 Å². The molecule has 0 aromatic carbocycles. The maximum atomic E-state index is 12.4. The Kier molecular flexibility index (Phi) is 4.19. The quantitative estimate of drug-likeness (QED) is 0.789. The second kappa shape index (κ2) is 5.42. The molecule has 0 spiro atoms. The average molecular weight is 247 g/mol. The molecule has 7 heteroatoms. The van der Waals surface area contributed by atoms with Crippen LogP contribution in [0.15, 0.2) is 6.07 Å². The Bertz CT molecular complexity index is 423. The Morgan fingerprint density at radius 2 is 2.12 bits per heavy atom. The normalized spacial score (nSPS) is 10.6. The summed E-state index contributed by atoms with van der Waals surface area (Å²) in [6.45, 7) is 1.73. The molecule has 0 aliphatic rings. The van der Waals surface area contributed by atoms with Crippen molar-refractivity contribution in [3.8, 4) is 11.5 Å². The van der Waals surface area contributed by atoms with Crippen molar-refractivity contribution in [3.05, 3.63) is 17.5 Å². The molecule has 0 aliphatic carbocycles. The second-order valence-corrected chi connectivity index (χ2v) is 3.14. The van der Waals surface area contributed by atoms with Crippen LogP contribution in [0.1, 0.15) is 24.7 Å². The van der Waals surface area contributed by atoms with Gasteiger partial charge in [0.25, 0.3) is 6.43 Å². The van der Waals surface area contributed by atoms with Crippen molar-refractivity contribution in [2.45, 2.75) is 19.8 Å². The monoisotopic (exact) mass is 247 g/mol. The molecule has 1 aromatic rings. The first-order valence-electron chi connectivity index (χ1n) is 4.81. The zero-order chi connectivity index (χ0) is 13.0. The van der Waals surface area contributed by atoms with Crippen molar-refractivity contribution in [1.82, 2.24) is 4.98 Å². The Hall–Kier alpha value is -1.92. The van der Waals surface area contributed by atoms with Gasteiger partial charge in [-0.1, -0.05) is 0 Å². The molecule has 0 atom stereocenters. The van der Waals surface area contributed by atoms with Gasteiger partial charge in [0.05, 0.1) is 18.7 Å². The molecule has 5 nitrogen and oxygen atoms in total. The second-order valence-electron chi connectivity index (χ2n) is 3.14. The standard InChI is InChI=1S/C10H11F2NO4/c1-2-17-8(16)3-5-6(14)4-7(15)9(13-5)10(11)12/h4,10,14-15H,2-3H2,1H3. The van der Waals surface area contributed by atoms with Crippen molar-refractivity contribution < 1.29 is 28.5 Å². The number of alkyl halides is 2. The molecular formula is C10H11F2NO4. The van der Waals surface area contributed by atoms with Gasteiger partial charge in [-0.2, -0.15) is 0 Å². The SMILES string of the molecule is CCOC(=O)Cc1nc(C(F)F)c(O)cc1O. The van der Waals surface area contributed by atoms with Gasteiger partial charge in [-0.15, -0.1) is 0 Å². The number of ether oxygens (including phenoxy) is 1. The molecule has 0 aliphatic heterocycles. The zero-order valence-electron chi connectivity index (χ0n) is 8.98. The number of nitrogens with zero attached hydrogens (tertiary/aromatic N) is 1. The van der Waals surface area contributed by atoms with Gasteiger partial charge < -0.3 is 14.9 Å². The number of esters is 1. The smallest absolute Gasteiger partial charge is 0.312 e. The van der Waals surface area contributed by atoms with Gasteiger partial charge in [-0.05, 0) is 6.92 Å². The van der Waals surface area contributed by atoms with E-state index in [9.17, 15) is 18.7 Å². The van der Waals surface area contributed by atoms with E-state index in [-0.39, 0.29) is 12.3 Å². The topological polar surface area (TPSA) is 79.7 Å². The molecule has 17 heavy (non-hydrogen) atoms. The molecule has 0 saturated heterocycles. The van der Waals surface area contributed by atoms with E-state index < -0.39 is 36.0 Å². The lowest BCUT2D eigenvalue weighted by Crippen LogP contribution is -2.10. The van der Waals surface area contributed by atoms with Crippen molar-refractivity contribution in [1.29, 1.82) is 0 Å². The van der Waals surface area contributed by atoms with Gasteiger partial charge in [0, 0.05) is 6.07 Å². The third-order valence-electron chi connectivity index (χ3n) is 1.91. The van der Waals surface area contributed by atoms with Crippen LogP contribution in [0, 0.1) is 0 Å². The molecule has 94 valence electrons. The van der Waals surface area contributed by atoms with Crippen LogP contribution in [0.5, 0.6) is 11.5 Å². The van der Waals surface area contributed by atoms with Crippen LogP contribution in [-0.2, 0) is 16.0 Å². The molecule has 2 N–H and O–H groups in total. The average Bonchev–Trinajstić information content (AvgIpc) is 2.21. The molecule has 1 rings (SSSR count). The van der Waals surface area contributed by atoms with Crippen molar-refractivity contribution in [3.63, 3.8) is 0 Å². The lowest BCUT2D eigenvalue weighted by Gasteiger charge is -2.08. The number of pyridine rings is 1. The van der Waals surface area contributed by atoms with Gasteiger partial charge in [0.15, 0.2) is 0 Å². The minimum Gasteiger partial charge on any atom is -0.506 e. The summed E-state index contributed by atoms with van der Waals surface area (Å²) in [6.07, 6.45) is -3.42. The van der Waals surface area contributed by atoms with Gasteiger partial charge >= 0.3 is 5.97 Å². The molecule has 1 aromatic heterocycles. The molecular weight excluding hydrogens is 236 g/mol. The number of hydrogen-bond donors (Lipinski definition) is 2. The van der Waals surface area contributed by atoms with Crippen molar-refractivity contribution >= 4 is 5.97 Å². The summed E-state index contributed by atoms with van der Waals surface area (Å²) in [6, 6.07) is 0.725. The number of carbonyl (C=O) groups excluding carboxylic acids is 1. The predicted molar refractivity (Wildman–Crippen MR) is 52.9 cm³/mol. The number of carbonyl (C=O) groups is 1. The minimum absolute atomic E-state index is 0.138. The van der Waals surface area contributed by atoms with Crippen LogP contribution in [-0.4, -0.2) is 27.8 Å². The summed E-state index contributed by atoms with van der Waals surface area (Å²) >= 11 is 0. The lowest BCUT2D eigenvalue weighted by molar-refractivity contribution is -0.142. The largest absolute Gasteiger partial charge is 0.506 e. The highest BCUT2D eigenvalue weighted by Crippen LogP contribution is 2.31. The van der Waals surface area contributed by atoms with E-state index in [2.05, 4.69) is 9.72 Å². The van der Waals surface area contributed by atoms with Crippen molar-refractivity contribution in [2.24, 2.45) is 0 Å². The summed E-state index contributed by atoms with van der Waals surface area (Å²) in [5.41, 5.74) is -1.13. The van der Waals surface area contributed by atoms with Gasteiger partial charge in [0.1, 0.15) is 17.2 Å². The lowest BCUT2D eigenvalue weighted by atomic mass is 10.2. The summed E-state index contributed by atoms with van der Waals surface area (Å²) in [5, 5.41) is 18.4. The van der Waals surface area contributed by atoms with Gasteiger partial charge in [-0.3, -0.25) is 4.79 Å². The maximum absolute atomic E-state index is 12.4. The fraction of sp³-hybridized carbons (Fsp3) is 0.400. The highest BCUT2D eigenvalue weighted by atomic mass is 19.3. The first-order valence-corrected chi connectivity index (χ1v) is 4.81. The zero-order valence-corrected chi connectivity index (χ0v) is 8.98. The van der Waals surface area contributed by atoms with Crippen LogP contribution in [0.3, 0.4) is 0 Å². The highest BCUT2D eigenvalue weighted by Gasteiger charge is 2.20. The molecule has 1 heterocycles. The Labute approximate surface area is 95.7 Å². The number of hydrogen-bond acceptors (Lipinski definition) is 5. The number of aromatic nitrogens is 1. The van der Waals surface area contributed by atoms with E-state index in [1.54, 1.807) is 6.92 Å². The van der Waals surface area contributed by atoms with E-state index in [4.69, 9.17) is 5.11 Å². The first-order chi connectivity index (χ1) is 7.95. The minimum atomic E-state index is -2.99. The predicted octanol–water partition coefficient (Wildman–Crippen LogP) is 1.54. The molecule has 0 fully saturated rings. The van der Waals surface area contributed by atoms with Crippen LogP contribution in [0.2, 0.25) is 0 Å². The molecule has 0 bridgehead atoms. The van der Waals surface area contributed by atoms with E-state index in [1.807, 2.05) is 0 Å². The number of aromatic hydroxyl groups is 2. The van der Waals surface area contributed by atoms with Crippen LogP contribution in [0.25, 0.3) is 0 Å². The number of halogens is 2. The van der Waals surface area contributed by atoms with E-state index >= 15 is 0 Å².